The molecule has 32 heavy (non-hydrogen) atoms. The molecular formula is C21H17BrClN5O4. The topological polar surface area (TPSA) is 116 Å². The molecule has 0 radical (unpaired) electrons. The minimum atomic E-state index is -0.926. The number of carbonyl (C=O) groups is 3. The smallest absolute Gasteiger partial charge is 0.273 e. The maximum Gasteiger partial charge on any atom is 0.273 e. The second-order valence-electron chi connectivity index (χ2n) is 6.90. The molecule has 3 N–H and O–H groups in total. The van der Waals surface area contributed by atoms with E-state index < -0.39 is 17.9 Å². The van der Waals surface area contributed by atoms with Gasteiger partial charge in [0.1, 0.15) is 24.2 Å². The summed E-state index contributed by atoms with van der Waals surface area (Å²) >= 11 is 9.32. The van der Waals surface area contributed by atoms with Crippen molar-refractivity contribution in [2.24, 2.45) is 0 Å². The van der Waals surface area contributed by atoms with Crippen molar-refractivity contribution < 1.29 is 19.1 Å². The van der Waals surface area contributed by atoms with Gasteiger partial charge in [0.15, 0.2) is 5.69 Å². The van der Waals surface area contributed by atoms with Crippen molar-refractivity contribution in [2.75, 3.05) is 23.9 Å². The third-order valence-corrected chi connectivity index (χ3v) is 5.95. The Morgan fingerprint density at radius 3 is 2.69 bits per heavy atom. The van der Waals surface area contributed by atoms with E-state index in [2.05, 4.69) is 36.8 Å². The summed E-state index contributed by atoms with van der Waals surface area (Å²) in [6.45, 7) is -0.0376. The maximum atomic E-state index is 12.8. The Morgan fingerprint density at radius 1 is 1.19 bits per heavy atom. The van der Waals surface area contributed by atoms with Gasteiger partial charge in [-0.2, -0.15) is 5.10 Å². The normalized spacial score (nSPS) is 15.4. The molecule has 1 aromatic heterocycles. The molecular weight excluding hydrogens is 502 g/mol. The SMILES string of the molecule is CN1C(=O)[C@H](NC(=O)c2n[nH]c(NC(=O)c3ccccc3Cl)c2Br)COc2ccccc21. The van der Waals surface area contributed by atoms with E-state index in [9.17, 15) is 14.4 Å². The Hall–Kier alpha value is -3.37. The van der Waals surface area contributed by atoms with Crippen LogP contribution in [0.15, 0.2) is 53.0 Å². The van der Waals surface area contributed by atoms with Gasteiger partial charge >= 0.3 is 0 Å². The molecule has 0 aliphatic carbocycles. The molecule has 0 saturated carbocycles. The lowest BCUT2D eigenvalue weighted by Gasteiger charge is -2.20. The van der Waals surface area contributed by atoms with Gasteiger partial charge in [-0.3, -0.25) is 19.5 Å². The molecule has 0 saturated heterocycles. The number of rotatable bonds is 4. The van der Waals surface area contributed by atoms with Crippen LogP contribution in [0.4, 0.5) is 11.5 Å². The second kappa shape index (κ2) is 9.01. The van der Waals surface area contributed by atoms with Gasteiger partial charge < -0.3 is 20.3 Å². The zero-order valence-electron chi connectivity index (χ0n) is 16.7. The lowest BCUT2D eigenvalue weighted by Crippen LogP contribution is -2.49. The van der Waals surface area contributed by atoms with Crippen LogP contribution in [0.3, 0.4) is 0 Å². The van der Waals surface area contributed by atoms with E-state index in [1.54, 1.807) is 55.6 Å². The fourth-order valence-corrected chi connectivity index (χ4v) is 3.85. The van der Waals surface area contributed by atoms with Crippen molar-refractivity contribution in [1.29, 1.82) is 0 Å². The number of H-pyrrole nitrogens is 1. The summed E-state index contributed by atoms with van der Waals surface area (Å²) < 4.78 is 5.93. The molecule has 0 spiro atoms. The molecule has 4 rings (SSSR count). The molecule has 0 unspecified atom stereocenters. The summed E-state index contributed by atoms with van der Waals surface area (Å²) in [4.78, 5) is 39.5. The van der Waals surface area contributed by atoms with Crippen molar-refractivity contribution in [1.82, 2.24) is 15.5 Å². The van der Waals surface area contributed by atoms with E-state index >= 15 is 0 Å². The summed E-state index contributed by atoms with van der Waals surface area (Å²) in [5, 5.41) is 12.1. The summed E-state index contributed by atoms with van der Waals surface area (Å²) in [6.07, 6.45) is 0. The van der Waals surface area contributed by atoms with Crippen LogP contribution in [0.5, 0.6) is 5.75 Å². The number of carbonyl (C=O) groups excluding carboxylic acids is 3. The number of hydrogen-bond acceptors (Lipinski definition) is 5. The molecule has 2 aromatic carbocycles. The van der Waals surface area contributed by atoms with E-state index in [-0.39, 0.29) is 39.1 Å². The lowest BCUT2D eigenvalue weighted by atomic mass is 10.2. The van der Waals surface area contributed by atoms with Crippen molar-refractivity contribution in [3.05, 3.63) is 69.3 Å². The van der Waals surface area contributed by atoms with E-state index in [1.165, 1.54) is 4.90 Å². The second-order valence-corrected chi connectivity index (χ2v) is 8.10. The summed E-state index contributed by atoms with van der Waals surface area (Å²) in [7, 11) is 1.61. The Labute approximate surface area is 196 Å². The highest BCUT2D eigenvalue weighted by Gasteiger charge is 2.32. The van der Waals surface area contributed by atoms with Crippen molar-refractivity contribution >= 4 is 56.8 Å². The Bertz CT molecular complexity index is 1210. The number of aromatic nitrogens is 2. The van der Waals surface area contributed by atoms with Gasteiger partial charge in [-0.15, -0.1) is 0 Å². The number of halogens is 2. The zero-order valence-corrected chi connectivity index (χ0v) is 19.0. The van der Waals surface area contributed by atoms with Crippen LogP contribution < -0.4 is 20.3 Å². The number of amides is 3. The van der Waals surface area contributed by atoms with Crippen LogP contribution in [0.25, 0.3) is 0 Å². The Kier molecular flexibility index (Phi) is 6.15. The molecule has 1 aliphatic rings. The van der Waals surface area contributed by atoms with E-state index in [4.69, 9.17) is 16.3 Å². The Balaban J connectivity index is 1.48. The molecule has 9 nitrogen and oxygen atoms in total. The average molecular weight is 519 g/mol. The first-order valence-corrected chi connectivity index (χ1v) is 10.6. The van der Waals surface area contributed by atoms with Crippen LogP contribution in [-0.2, 0) is 4.79 Å². The van der Waals surface area contributed by atoms with Crippen LogP contribution >= 0.6 is 27.5 Å². The summed E-state index contributed by atoms with van der Waals surface area (Å²) in [5.41, 5.74) is 0.849. The Morgan fingerprint density at radius 2 is 1.91 bits per heavy atom. The molecule has 164 valence electrons. The van der Waals surface area contributed by atoms with E-state index in [1.807, 2.05) is 0 Å². The first kappa shape index (κ1) is 21.8. The standard InChI is InChI=1S/C21H17BrClN5O4/c1-28-14-8-4-5-9-15(14)32-10-13(21(28)31)24-20(30)17-16(22)18(27-26-17)25-19(29)11-6-2-3-7-12(11)23/h2-9,13H,10H2,1H3,(H,24,30)(H2,25,26,27,29)/t13-/m1/s1. The highest BCUT2D eigenvalue weighted by atomic mass is 79.9. The predicted octanol–water partition coefficient (Wildman–Crippen LogP) is 3.23. The molecule has 3 aromatic rings. The van der Waals surface area contributed by atoms with Crippen molar-refractivity contribution in [2.45, 2.75) is 6.04 Å². The number of benzene rings is 2. The van der Waals surface area contributed by atoms with Gasteiger partial charge in [0.25, 0.3) is 17.7 Å². The highest BCUT2D eigenvalue weighted by molar-refractivity contribution is 9.10. The molecule has 1 atom stereocenters. The number of likely N-dealkylation sites (N-methyl/N-ethyl adjacent to an activating group) is 1. The first-order valence-electron chi connectivity index (χ1n) is 9.47. The minimum absolute atomic E-state index is 0.0309. The van der Waals surface area contributed by atoms with Gasteiger partial charge in [-0.25, -0.2) is 0 Å². The number of nitrogens with one attached hydrogen (secondary N) is 3. The number of ether oxygens (including phenoxy) is 1. The lowest BCUT2D eigenvalue weighted by molar-refractivity contribution is -0.120. The van der Waals surface area contributed by atoms with Crippen molar-refractivity contribution in [3.8, 4) is 5.75 Å². The van der Waals surface area contributed by atoms with Crippen molar-refractivity contribution in [3.63, 3.8) is 0 Å². The monoisotopic (exact) mass is 517 g/mol. The fourth-order valence-electron chi connectivity index (χ4n) is 3.17. The molecule has 0 fully saturated rings. The van der Waals surface area contributed by atoms with E-state index in [0.717, 1.165) is 0 Å². The first-order chi connectivity index (χ1) is 15.4. The van der Waals surface area contributed by atoms with Gasteiger partial charge in [0, 0.05) is 7.05 Å². The summed E-state index contributed by atoms with van der Waals surface area (Å²) in [6, 6.07) is 12.7. The van der Waals surface area contributed by atoms with Gasteiger partial charge in [-0.05, 0) is 40.2 Å². The fraction of sp³-hybridized carbons (Fsp3) is 0.143. The minimum Gasteiger partial charge on any atom is -0.489 e. The average Bonchev–Trinajstić information content (AvgIpc) is 3.10. The highest BCUT2D eigenvalue weighted by Crippen LogP contribution is 2.30. The maximum absolute atomic E-state index is 12.8. The quantitative estimate of drug-likeness (QED) is 0.490. The van der Waals surface area contributed by atoms with Crippen LogP contribution in [0.1, 0.15) is 20.8 Å². The number of aromatic amines is 1. The zero-order chi connectivity index (χ0) is 22.8. The molecule has 0 bridgehead atoms. The number of fused-ring (bicyclic) bond motifs is 1. The van der Waals surface area contributed by atoms with Crippen LogP contribution in [-0.4, -0.2) is 47.6 Å². The summed E-state index contributed by atoms with van der Waals surface area (Å²) in [5.74, 6) is -0.702. The third kappa shape index (κ3) is 4.19. The molecule has 3 amide bonds. The van der Waals surface area contributed by atoms with Gasteiger partial charge in [-0.1, -0.05) is 35.9 Å². The third-order valence-electron chi connectivity index (χ3n) is 4.85. The van der Waals surface area contributed by atoms with Crippen LogP contribution in [0.2, 0.25) is 5.02 Å². The molecule has 2 heterocycles. The van der Waals surface area contributed by atoms with E-state index in [0.29, 0.717) is 11.4 Å². The van der Waals surface area contributed by atoms with Gasteiger partial charge in [0.05, 0.1) is 20.7 Å². The largest absolute Gasteiger partial charge is 0.489 e. The number of para-hydroxylation sites is 2. The number of nitrogens with zero attached hydrogens (tertiary/aromatic N) is 2. The number of anilines is 2. The molecule has 1 aliphatic heterocycles. The molecule has 11 heteroatoms. The number of hydrogen-bond donors (Lipinski definition) is 3. The van der Waals surface area contributed by atoms with Crippen LogP contribution in [0, 0.1) is 0 Å². The van der Waals surface area contributed by atoms with Gasteiger partial charge in [0.2, 0.25) is 0 Å². The predicted molar refractivity (Wildman–Crippen MR) is 122 cm³/mol.